The smallest absolute Gasteiger partial charge is 0.410 e. The quantitative estimate of drug-likeness (QED) is 0.375. The van der Waals surface area contributed by atoms with Crippen molar-refractivity contribution in [1.29, 1.82) is 0 Å². The highest BCUT2D eigenvalue weighted by molar-refractivity contribution is 5.68. The highest BCUT2D eigenvalue weighted by atomic mass is 16.6. The van der Waals surface area contributed by atoms with Crippen LogP contribution in [0.3, 0.4) is 0 Å². The Hall–Kier alpha value is -2.61. The van der Waals surface area contributed by atoms with Crippen LogP contribution in [-0.2, 0) is 30.4 Å². The van der Waals surface area contributed by atoms with Crippen LogP contribution < -0.4 is 0 Å². The Morgan fingerprint density at radius 1 is 1.06 bits per heavy atom. The Bertz CT molecular complexity index is 718. The number of piperazine rings is 1. The maximum Gasteiger partial charge on any atom is 0.410 e. The zero-order chi connectivity index (χ0) is 26.9. The van der Waals surface area contributed by atoms with Crippen LogP contribution in [0.5, 0.6) is 0 Å². The number of hydrogen-bond donors (Lipinski definition) is 0. The number of methoxy groups -OCH3 is 1. The van der Waals surface area contributed by atoms with E-state index in [0.717, 1.165) is 31.7 Å². The average Bonchev–Trinajstić information content (AvgIpc) is 2.81. The number of ether oxygens (including phenoxy) is 3. The molecule has 1 heterocycles. The first-order valence-electron chi connectivity index (χ1n) is 12.2. The zero-order valence-electron chi connectivity index (χ0n) is 22.9. The second-order valence-electron chi connectivity index (χ2n) is 10.3. The molecular weight excluding hydrogens is 448 g/mol. The molecule has 8 nitrogen and oxygen atoms in total. The molecule has 0 N–H and O–H groups in total. The summed E-state index contributed by atoms with van der Waals surface area (Å²) in [6.07, 6.45) is 2.24. The van der Waals surface area contributed by atoms with Gasteiger partial charge in [-0.1, -0.05) is 57.5 Å². The van der Waals surface area contributed by atoms with Gasteiger partial charge >= 0.3 is 6.09 Å². The van der Waals surface area contributed by atoms with E-state index in [9.17, 15) is 9.59 Å². The van der Waals surface area contributed by atoms with E-state index in [2.05, 4.69) is 42.1 Å². The minimum Gasteiger partial charge on any atom is -0.471 e. The number of amides is 1. The molecule has 1 atom stereocenters. The van der Waals surface area contributed by atoms with Crippen molar-refractivity contribution < 1.29 is 28.6 Å². The minimum absolute atomic E-state index is 0.177. The normalized spacial score (nSPS) is 16.0. The van der Waals surface area contributed by atoms with Gasteiger partial charge < -0.3 is 19.1 Å². The Morgan fingerprint density at radius 3 is 2.11 bits per heavy atom. The Labute approximate surface area is 211 Å². The van der Waals surface area contributed by atoms with Crippen molar-refractivity contribution in [2.75, 3.05) is 33.3 Å². The van der Waals surface area contributed by atoms with Gasteiger partial charge in [-0.3, -0.25) is 14.5 Å². The van der Waals surface area contributed by atoms with Gasteiger partial charge in [-0.25, -0.2) is 4.79 Å². The molecule has 2 rings (SSSR count). The lowest BCUT2D eigenvalue weighted by Crippen LogP contribution is -2.55. The molecule has 1 aliphatic heterocycles. The monoisotopic (exact) mass is 494 g/mol. The van der Waals surface area contributed by atoms with Crippen molar-refractivity contribution in [2.24, 2.45) is 5.41 Å². The van der Waals surface area contributed by atoms with Gasteiger partial charge in [0.05, 0.1) is 7.11 Å². The molecule has 1 unspecified atom stereocenters. The van der Waals surface area contributed by atoms with Crippen LogP contribution in [0.25, 0.3) is 0 Å². The van der Waals surface area contributed by atoms with Crippen LogP contribution in [0, 0.1) is 5.41 Å². The molecule has 1 fully saturated rings. The summed E-state index contributed by atoms with van der Waals surface area (Å²) >= 11 is 0. The SMILES string of the molecule is CCC(C)(C)CCN1CCN(C(=O)OC(C)(C)C)C(C)C1.COC=O.O=COCc1ccccc1. The van der Waals surface area contributed by atoms with Crippen molar-refractivity contribution in [3.8, 4) is 0 Å². The van der Waals surface area contributed by atoms with Gasteiger partial charge in [0.1, 0.15) is 12.2 Å². The molecule has 0 aromatic heterocycles. The van der Waals surface area contributed by atoms with E-state index in [1.54, 1.807) is 0 Å². The highest BCUT2D eigenvalue weighted by Gasteiger charge is 2.31. The lowest BCUT2D eigenvalue weighted by molar-refractivity contribution is -0.130. The van der Waals surface area contributed by atoms with E-state index in [-0.39, 0.29) is 12.1 Å². The highest BCUT2D eigenvalue weighted by Crippen LogP contribution is 2.25. The van der Waals surface area contributed by atoms with Crippen LogP contribution in [0.2, 0.25) is 0 Å². The summed E-state index contributed by atoms with van der Waals surface area (Å²) in [6, 6.07) is 9.77. The predicted molar refractivity (Wildman–Crippen MR) is 138 cm³/mol. The lowest BCUT2D eigenvalue weighted by Gasteiger charge is -2.41. The molecule has 0 saturated carbocycles. The molecule has 0 radical (unpaired) electrons. The van der Waals surface area contributed by atoms with Gasteiger partial charge in [-0.05, 0) is 51.6 Å². The zero-order valence-corrected chi connectivity index (χ0v) is 22.9. The van der Waals surface area contributed by atoms with Gasteiger partial charge in [0, 0.05) is 25.7 Å². The molecule has 1 aromatic rings. The molecule has 0 bridgehead atoms. The van der Waals surface area contributed by atoms with E-state index < -0.39 is 5.60 Å². The second-order valence-corrected chi connectivity index (χ2v) is 10.3. The van der Waals surface area contributed by atoms with Gasteiger partial charge in [-0.2, -0.15) is 0 Å². The van der Waals surface area contributed by atoms with E-state index >= 15 is 0 Å². The molecule has 0 spiro atoms. The number of benzene rings is 1. The number of rotatable bonds is 8. The van der Waals surface area contributed by atoms with E-state index in [1.807, 2.05) is 56.0 Å². The van der Waals surface area contributed by atoms with Crippen LogP contribution in [-0.4, -0.2) is 73.8 Å². The summed E-state index contributed by atoms with van der Waals surface area (Å²) < 4.78 is 13.9. The number of nitrogens with zero attached hydrogens (tertiary/aromatic N) is 2. The summed E-state index contributed by atoms with van der Waals surface area (Å²) in [5, 5.41) is 0. The Morgan fingerprint density at radius 2 is 1.66 bits per heavy atom. The van der Waals surface area contributed by atoms with Crippen LogP contribution in [0.15, 0.2) is 30.3 Å². The third kappa shape index (κ3) is 15.8. The molecular formula is C27H46N2O6. The van der Waals surface area contributed by atoms with Gasteiger partial charge in [-0.15, -0.1) is 0 Å². The molecule has 200 valence electrons. The molecule has 1 saturated heterocycles. The lowest BCUT2D eigenvalue weighted by atomic mass is 9.86. The van der Waals surface area contributed by atoms with Crippen molar-refractivity contribution in [3.63, 3.8) is 0 Å². The summed E-state index contributed by atoms with van der Waals surface area (Å²) in [5.41, 5.74) is 1.000. The fourth-order valence-corrected chi connectivity index (χ4v) is 3.17. The summed E-state index contributed by atoms with van der Waals surface area (Å²) in [4.78, 5) is 35.2. The van der Waals surface area contributed by atoms with Crippen molar-refractivity contribution >= 4 is 19.0 Å². The van der Waals surface area contributed by atoms with E-state index in [1.165, 1.54) is 20.0 Å². The fraction of sp³-hybridized carbons (Fsp3) is 0.667. The van der Waals surface area contributed by atoms with Crippen molar-refractivity contribution in [3.05, 3.63) is 35.9 Å². The number of carbonyl (C=O) groups is 3. The maximum atomic E-state index is 12.2. The standard InChI is InChI=1S/C17H34N2O2.C8H8O2.C2H4O2/c1-8-17(6,7)9-10-18-11-12-19(14(2)13-18)15(20)21-16(3,4)5;9-7-10-6-8-4-2-1-3-5-8;1-4-2-3/h14H,8-13H2,1-7H3;1-5,7H,6H2;2H,1H3. The van der Waals surface area contributed by atoms with Crippen molar-refractivity contribution in [1.82, 2.24) is 9.80 Å². The average molecular weight is 495 g/mol. The van der Waals surface area contributed by atoms with E-state index in [4.69, 9.17) is 9.53 Å². The first-order chi connectivity index (χ1) is 16.4. The Kier molecular flexibility index (Phi) is 15.7. The number of carbonyl (C=O) groups excluding carboxylic acids is 3. The first kappa shape index (κ1) is 32.4. The first-order valence-corrected chi connectivity index (χ1v) is 12.2. The molecule has 35 heavy (non-hydrogen) atoms. The Balaban J connectivity index is 0.000000679. The van der Waals surface area contributed by atoms with Crippen LogP contribution >= 0.6 is 0 Å². The van der Waals surface area contributed by atoms with Gasteiger partial charge in [0.15, 0.2) is 0 Å². The molecule has 1 aliphatic rings. The fourth-order valence-electron chi connectivity index (χ4n) is 3.17. The minimum atomic E-state index is -0.418. The van der Waals surface area contributed by atoms with Crippen LogP contribution in [0.1, 0.15) is 66.9 Å². The molecule has 0 aliphatic carbocycles. The van der Waals surface area contributed by atoms with E-state index in [0.29, 0.717) is 25.0 Å². The summed E-state index contributed by atoms with van der Waals surface area (Å²) in [6.45, 7) is 19.7. The summed E-state index contributed by atoms with van der Waals surface area (Å²) in [7, 11) is 1.31. The molecule has 1 amide bonds. The summed E-state index contributed by atoms with van der Waals surface area (Å²) in [5.74, 6) is 0. The maximum absolute atomic E-state index is 12.2. The molecule has 8 heteroatoms. The third-order valence-electron chi connectivity index (χ3n) is 5.66. The number of hydrogen-bond acceptors (Lipinski definition) is 7. The van der Waals surface area contributed by atoms with Gasteiger partial charge in [0.25, 0.3) is 12.9 Å². The second kappa shape index (κ2) is 16.9. The van der Waals surface area contributed by atoms with Crippen molar-refractivity contribution in [2.45, 2.75) is 79.6 Å². The third-order valence-corrected chi connectivity index (χ3v) is 5.66. The van der Waals surface area contributed by atoms with Crippen LogP contribution in [0.4, 0.5) is 4.79 Å². The largest absolute Gasteiger partial charge is 0.471 e. The predicted octanol–water partition coefficient (Wildman–Crippen LogP) is 4.90. The molecule has 1 aromatic carbocycles. The topological polar surface area (TPSA) is 85.4 Å². The van der Waals surface area contributed by atoms with Gasteiger partial charge in [0.2, 0.25) is 0 Å².